The van der Waals surface area contributed by atoms with Crippen molar-refractivity contribution in [3.05, 3.63) is 65.8 Å². The molecule has 0 aromatic carbocycles. The standard InChI is InChI=1S/C26H28F4N4O4/c27-25(28)7-3-4-19(26(25,29)30)21-16-38-24(17-37-21)34-11-9-33(10-12-34)8-1-2-13-36-23-14-20-18(15-31-23)5-6-22(35)32-20/h3-4,7,14-17H,1-2,5-6,8-13H2,(H,32,35). The van der Waals surface area contributed by atoms with Crippen LogP contribution in [-0.2, 0) is 20.7 Å². The summed E-state index contributed by atoms with van der Waals surface area (Å²) in [6.07, 6.45) is 8.75. The lowest BCUT2D eigenvalue weighted by Gasteiger charge is -2.37. The molecule has 0 saturated carbocycles. The summed E-state index contributed by atoms with van der Waals surface area (Å²) in [7, 11) is 0. The molecule has 4 aliphatic rings. The van der Waals surface area contributed by atoms with Gasteiger partial charge in [-0.2, -0.15) is 17.6 Å². The maximum Gasteiger partial charge on any atom is 0.342 e. The maximum atomic E-state index is 14.1. The van der Waals surface area contributed by atoms with E-state index in [-0.39, 0.29) is 12.0 Å². The number of unbranched alkanes of at least 4 members (excludes halogenated alkanes) is 1. The van der Waals surface area contributed by atoms with Crippen molar-refractivity contribution in [2.45, 2.75) is 37.5 Å². The topological polar surface area (TPSA) is 76.2 Å². The van der Waals surface area contributed by atoms with Crippen LogP contribution in [0.4, 0.5) is 23.2 Å². The number of allylic oxidation sites excluding steroid dienone is 4. The van der Waals surface area contributed by atoms with Gasteiger partial charge in [-0.1, -0.05) is 6.08 Å². The monoisotopic (exact) mass is 536 g/mol. The van der Waals surface area contributed by atoms with E-state index in [9.17, 15) is 22.4 Å². The first-order chi connectivity index (χ1) is 18.2. The fourth-order valence-corrected chi connectivity index (χ4v) is 4.58. The molecule has 0 radical (unpaired) electrons. The summed E-state index contributed by atoms with van der Waals surface area (Å²) in [6.45, 7) is 4.22. The summed E-state index contributed by atoms with van der Waals surface area (Å²) < 4.78 is 72.0. The number of ether oxygens (including phenoxy) is 3. The van der Waals surface area contributed by atoms with E-state index in [0.717, 1.165) is 62.1 Å². The summed E-state index contributed by atoms with van der Waals surface area (Å²) in [5.41, 5.74) is 0.850. The molecule has 1 fully saturated rings. The summed E-state index contributed by atoms with van der Waals surface area (Å²) in [5, 5.41) is 2.84. The lowest BCUT2D eigenvalue weighted by Crippen LogP contribution is -2.46. The van der Waals surface area contributed by atoms with E-state index in [0.29, 0.717) is 44.3 Å². The number of piperazine rings is 1. The van der Waals surface area contributed by atoms with Gasteiger partial charge in [0.05, 0.1) is 17.9 Å². The first-order valence-corrected chi connectivity index (χ1v) is 12.5. The first-order valence-electron chi connectivity index (χ1n) is 12.5. The van der Waals surface area contributed by atoms with Gasteiger partial charge in [0.25, 0.3) is 0 Å². The minimum absolute atomic E-state index is 0.00147. The Hall–Kier alpha value is -3.54. The van der Waals surface area contributed by atoms with E-state index in [2.05, 4.69) is 15.2 Å². The number of alkyl halides is 4. The van der Waals surface area contributed by atoms with Gasteiger partial charge < -0.3 is 24.4 Å². The number of hydrogen-bond acceptors (Lipinski definition) is 7. The highest BCUT2D eigenvalue weighted by Gasteiger charge is 2.59. The molecule has 0 spiro atoms. The molecule has 1 aliphatic carbocycles. The highest BCUT2D eigenvalue weighted by Crippen LogP contribution is 2.46. The Morgan fingerprint density at radius 3 is 2.63 bits per heavy atom. The lowest BCUT2D eigenvalue weighted by atomic mass is 9.95. The number of carbonyl (C=O) groups excluding carboxylic acids is 1. The average Bonchev–Trinajstić information content (AvgIpc) is 2.90. The number of aryl methyl sites for hydroxylation is 1. The molecule has 4 heterocycles. The second-order valence-electron chi connectivity index (χ2n) is 9.42. The van der Waals surface area contributed by atoms with Gasteiger partial charge in [0.2, 0.25) is 17.7 Å². The highest BCUT2D eigenvalue weighted by atomic mass is 19.3. The van der Waals surface area contributed by atoms with Crippen molar-refractivity contribution in [1.29, 1.82) is 0 Å². The van der Waals surface area contributed by atoms with Crippen LogP contribution in [-0.4, -0.2) is 71.9 Å². The van der Waals surface area contributed by atoms with Crippen molar-refractivity contribution in [2.75, 3.05) is 44.6 Å². The predicted molar refractivity (Wildman–Crippen MR) is 129 cm³/mol. The third-order valence-corrected chi connectivity index (χ3v) is 6.82. The van der Waals surface area contributed by atoms with Gasteiger partial charge in [0.15, 0.2) is 12.0 Å². The van der Waals surface area contributed by atoms with Crippen molar-refractivity contribution in [2.24, 2.45) is 0 Å². The number of carbonyl (C=O) groups is 1. The molecule has 0 atom stereocenters. The van der Waals surface area contributed by atoms with Crippen LogP contribution in [0.2, 0.25) is 0 Å². The zero-order valence-electron chi connectivity index (χ0n) is 20.6. The zero-order valence-corrected chi connectivity index (χ0v) is 20.6. The molecule has 204 valence electrons. The van der Waals surface area contributed by atoms with Gasteiger partial charge in [-0.05, 0) is 43.5 Å². The molecule has 1 saturated heterocycles. The number of anilines is 1. The fourth-order valence-electron chi connectivity index (χ4n) is 4.58. The summed E-state index contributed by atoms with van der Waals surface area (Å²) in [6, 6.07) is 1.76. The van der Waals surface area contributed by atoms with Crippen LogP contribution >= 0.6 is 0 Å². The molecule has 12 heteroatoms. The number of aromatic nitrogens is 1. The van der Waals surface area contributed by atoms with Crippen LogP contribution < -0.4 is 10.1 Å². The van der Waals surface area contributed by atoms with Gasteiger partial charge in [0, 0.05) is 44.9 Å². The van der Waals surface area contributed by atoms with E-state index in [1.807, 2.05) is 4.90 Å². The van der Waals surface area contributed by atoms with Gasteiger partial charge in [-0.3, -0.25) is 9.69 Å². The number of halogens is 4. The number of nitrogens with zero attached hydrogens (tertiary/aromatic N) is 3. The molecule has 1 amide bonds. The highest BCUT2D eigenvalue weighted by molar-refractivity contribution is 5.93. The zero-order chi connectivity index (χ0) is 26.8. The smallest absolute Gasteiger partial charge is 0.342 e. The third-order valence-electron chi connectivity index (χ3n) is 6.82. The van der Waals surface area contributed by atoms with Crippen LogP contribution in [0, 0.1) is 0 Å². The summed E-state index contributed by atoms with van der Waals surface area (Å²) in [4.78, 5) is 20.1. The van der Waals surface area contributed by atoms with Crippen LogP contribution in [0.3, 0.4) is 0 Å². The molecule has 5 rings (SSSR count). The normalized spacial score (nSPS) is 22.3. The average molecular weight is 537 g/mol. The summed E-state index contributed by atoms with van der Waals surface area (Å²) in [5.74, 6) is -8.30. The van der Waals surface area contributed by atoms with Crippen LogP contribution in [0.5, 0.6) is 5.88 Å². The van der Waals surface area contributed by atoms with Crippen molar-refractivity contribution < 1.29 is 36.6 Å². The number of rotatable bonds is 8. The number of pyridine rings is 1. The molecule has 1 aromatic rings. The molecule has 3 aliphatic heterocycles. The van der Waals surface area contributed by atoms with Gasteiger partial charge in [-0.25, -0.2) is 4.98 Å². The molecule has 1 N–H and O–H groups in total. The SMILES string of the molecule is O=C1CCc2cnc(OCCCCN3CCN(C4=COC(C5=CC=CC(F)(F)C5(F)F)=CO4)CC3)cc2N1. The Morgan fingerprint density at radius 1 is 1.05 bits per heavy atom. The number of nitrogens with one attached hydrogen (secondary N) is 1. The second-order valence-corrected chi connectivity index (χ2v) is 9.42. The quantitative estimate of drug-likeness (QED) is 0.394. The largest absolute Gasteiger partial charge is 0.478 e. The van der Waals surface area contributed by atoms with Crippen LogP contribution in [0.25, 0.3) is 0 Å². The Balaban J connectivity index is 1.01. The molecule has 38 heavy (non-hydrogen) atoms. The molecular formula is C26H28F4N4O4. The lowest BCUT2D eigenvalue weighted by molar-refractivity contribution is -0.156. The second kappa shape index (κ2) is 10.7. The molecule has 8 nitrogen and oxygen atoms in total. The Morgan fingerprint density at radius 2 is 1.87 bits per heavy atom. The van der Waals surface area contributed by atoms with E-state index in [1.54, 1.807) is 12.3 Å². The van der Waals surface area contributed by atoms with Crippen LogP contribution in [0.15, 0.2) is 60.2 Å². The number of amides is 1. The van der Waals surface area contributed by atoms with Gasteiger partial charge >= 0.3 is 11.8 Å². The predicted octanol–water partition coefficient (Wildman–Crippen LogP) is 4.20. The molecule has 0 bridgehead atoms. The van der Waals surface area contributed by atoms with E-state index in [1.165, 1.54) is 6.26 Å². The van der Waals surface area contributed by atoms with E-state index < -0.39 is 23.2 Å². The summed E-state index contributed by atoms with van der Waals surface area (Å²) >= 11 is 0. The number of hydrogen-bond donors (Lipinski definition) is 1. The molecule has 1 aromatic heterocycles. The van der Waals surface area contributed by atoms with Crippen molar-refractivity contribution in [3.63, 3.8) is 0 Å². The van der Waals surface area contributed by atoms with Crippen molar-refractivity contribution in [3.8, 4) is 5.88 Å². The van der Waals surface area contributed by atoms with Gasteiger partial charge in [0.1, 0.15) is 6.26 Å². The third kappa shape index (κ3) is 5.50. The van der Waals surface area contributed by atoms with E-state index in [4.69, 9.17) is 14.2 Å². The molecule has 0 unspecified atom stereocenters. The van der Waals surface area contributed by atoms with Crippen LogP contribution in [0.1, 0.15) is 24.8 Å². The fraction of sp³-hybridized carbons (Fsp3) is 0.462. The minimum Gasteiger partial charge on any atom is -0.478 e. The Labute approximate surface area is 217 Å². The Kier molecular flexibility index (Phi) is 7.33. The molecular weight excluding hydrogens is 508 g/mol. The van der Waals surface area contributed by atoms with E-state index >= 15 is 0 Å². The van der Waals surface area contributed by atoms with Gasteiger partial charge in [-0.15, -0.1) is 0 Å². The first kappa shape index (κ1) is 26.1. The van der Waals surface area contributed by atoms with Crippen molar-refractivity contribution in [1.82, 2.24) is 14.8 Å². The number of fused-ring (bicyclic) bond motifs is 1. The Bertz CT molecular complexity index is 1190. The maximum absolute atomic E-state index is 14.1. The van der Waals surface area contributed by atoms with Crippen molar-refractivity contribution >= 4 is 11.6 Å². The minimum atomic E-state index is -4.40.